The van der Waals surface area contributed by atoms with Crippen molar-refractivity contribution in [2.45, 2.75) is 64.7 Å². The summed E-state index contributed by atoms with van der Waals surface area (Å²) in [5.74, 6) is 0.883. The molecule has 0 aliphatic rings. The minimum Gasteiger partial charge on any atom is -0.315 e. The van der Waals surface area contributed by atoms with Gasteiger partial charge in [0.2, 0.25) is 0 Å². The highest BCUT2D eigenvalue weighted by Gasteiger charge is 2.08. The third kappa shape index (κ3) is 7.97. The molecule has 0 spiro atoms. The molecule has 2 nitrogen and oxygen atoms in total. The molecule has 3 atom stereocenters. The molecule has 0 saturated heterocycles. The van der Waals surface area contributed by atoms with Gasteiger partial charge >= 0.3 is 0 Å². The highest BCUT2D eigenvalue weighted by molar-refractivity contribution is 7.85. The van der Waals surface area contributed by atoms with Gasteiger partial charge in [0, 0.05) is 27.8 Å². The Balaban J connectivity index is 3.42. The molecule has 0 amide bonds. The fourth-order valence-corrected chi connectivity index (χ4v) is 2.80. The van der Waals surface area contributed by atoms with Crippen LogP contribution in [0, 0.1) is 0 Å². The van der Waals surface area contributed by atoms with E-state index < -0.39 is 10.8 Å². The third-order valence-corrected chi connectivity index (χ3v) is 4.73. The Labute approximate surface area is 97.7 Å². The topological polar surface area (TPSA) is 29.1 Å². The fourth-order valence-electron chi connectivity index (χ4n) is 1.53. The maximum atomic E-state index is 11.6. The van der Waals surface area contributed by atoms with Crippen molar-refractivity contribution < 1.29 is 4.21 Å². The summed E-state index contributed by atoms with van der Waals surface area (Å²) in [6.07, 6.45) is 4.52. The molecule has 0 heterocycles. The summed E-state index contributed by atoms with van der Waals surface area (Å²) in [5, 5.41) is 3.76. The van der Waals surface area contributed by atoms with Crippen LogP contribution in [0.2, 0.25) is 0 Å². The molecule has 0 aromatic rings. The van der Waals surface area contributed by atoms with Gasteiger partial charge < -0.3 is 5.32 Å². The number of hydrogen-bond acceptors (Lipinski definition) is 2. The van der Waals surface area contributed by atoms with Gasteiger partial charge in [0.25, 0.3) is 0 Å². The predicted molar refractivity (Wildman–Crippen MR) is 69.8 cm³/mol. The Kier molecular flexibility index (Phi) is 9.41. The summed E-state index contributed by atoms with van der Waals surface area (Å²) >= 11 is 0. The zero-order valence-electron chi connectivity index (χ0n) is 10.7. The zero-order chi connectivity index (χ0) is 11.7. The summed E-state index contributed by atoms with van der Waals surface area (Å²) in [5.41, 5.74) is 0. The van der Waals surface area contributed by atoms with Gasteiger partial charge in [0.05, 0.1) is 0 Å². The lowest BCUT2D eigenvalue weighted by molar-refractivity contribution is 0.509. The van der Waals surface area contributed by atoms with Crippen LogP contribution in [0.1, 0.15) is 53.4 Å². The van der Waals surface area contributed by atoms with Gasteiger partial charge in [-0.05, 0) is 32.7 Å². The van der Waals surface area contributed by atoms with E-state index in [1.807, 2.05) is 0 Å². The molecule has 0 aromatic carbocycles. The van der Waals surface area contributed by atoms with Crippen LogP contribution >= 0.6 is 0 Å². The molecule has 0 aliphatic heterocycles. The summed E-state index contributed by atoms with van der Waals surface area (Å²) in [6, 6.07) is 0.604. The average molecular weight is 233 g/mol. The number of unbranched alkanes of at least 4 members (excludes halogenated alkanes) is 1. The van der Waals surface area contributed by atoms with Crippen LogP contribution in [0.15, 0.2) is 0 Å². The van der Waals surface area contributed by atoms with E-state index >= 15 is 0 Å². The molecule has 1 N–H and O–H groups in total. The van der Waals surface area contributed by atoms with E-state index in [9.17, 15) is 4.21 Å². The zero-order valence-corrected chi connectivity index (χ0v) is 11.5. The maximum absolute atomic E-state index is 11.6. The second-order valence-electron chi connectivity index (χ2n) is 4.26. The van der Waals surface area contributed by atoms with Crippen LogP contribution in [0.5, 0.6) is 0 Å². The van der Waals surface area contributed by atoms with E-state index in [0.29, 0.717) is 11.3 Å². The van der Waals surface area contributed by atoms with Crippen molar-refractivity contribution in [3.05, 3.63) is 0 Å². The molecule has 0 aromatic heterocycles. The van der Waals surface area contributed by atoms with E-state index in [0.717, 1.165) is 25.1 Å². The molecule has 3 unspecified atom stereocenters. The SMILES string of the molecule is CCNC(C)CCCCS(=O)C(C)CC. The quantitative estimate of drug-likeness (QED) is 0.620. The van der Waals surface area contributed by atoms with E-state index in [1.165, 1.54) is 12.8 Å². The van der Waals surface area contributed by atoms with E-state index in [4.69, 9.17) is 0 Å². The van der Waals surface area contributed by atoms with Gasteiger partial charge in [0.1, 0.15) is 0 Å². The summed E-state index contributed by atoms with van der Waals surface area (Å²) < 4.78 is 11.6. The Hall–Kier alpha value is 0.110. The fraction of sp³-hybridized carbons (Fsp3) is 1.00. The first-order valence-corrected chi connectivity index (χ1v) is 7.60. The monoisotopic (exact) mass is 233 g/mol. The first kappa shape index (κ1) is 15.1. The third-order valence-electron chi connectivity index (χ3n) is 2.81. The summed E-state index contributed by atoms with van der Waals surface area (Å²) in [7, 11) is -0.604. The van der Waals surface area contributed by atoms with Crippen LogP contribution in [0.25, 0.3) is 0 Å². The normalized spacial score (nSPS) is 17.3. The van der Waals surface area contributed by atoms with E-state index in [-0.39, 0.29) is 0 Å². The minimum absolute atomic E-state index is 0.371. The first-order chi connectivity index (χ1) is 7.11. The maximum Gasteiger partial charge on any atom is 0.0317 e. The highest BCUT2D eigenvalue weighted by atomic mass is 32.2. The van der Waals surface area contributed by atoms with Crippen LogP contribution in [0.3, 0.4) is 0 Å². The van der Waals surface area contributed by atoms with Crippen molar-refractivity contribution in [1.29, 1.82) is 0 Å². The first-order valence-electron chi connectivity index (χ1n) is 6.22. The molecule has 0 radical (unpaired) electrons. The molecule has 0 rings (SSSR count). The van der Waals surface area contributed by atoms with Crippen LogP contribution in [-0.4, -0.2) is 27.8 Å². The second-order valence-corrected chi connectivity index (χ2v) is 6.23. The van der Waals surface area contributed by atoms with Crippen molar-refractivity contribution >= 4 is 10.8 Å². The Morgan fingerprint density at radius 1 is 1.20 bits per heavy atom. The second kappa shape index (κ2) is 9.34. The summed E-state index contributed by atoms with van der Waals surface area (Å²) in [4.78, 5) is 0. The summed E-state index contributed by atoms with van der Waals surface area (Å²) in [6.45, 7) is 9.58. The molecule has 0 bridgehead atoms. The largest absolute Gasteiger partial charge is 0.315 e. The number of hydrogen-bond donors (Lipinski definition) is 1. The van der Waals surface area contributed by atoms with Gasteiger partial charge in [0.15, 0.2) is 0 Å². The van der Waals surface area contributed by atoms with Crippen LogP contribution in [0.4, 0.5) is 0 Å². The number of nitrogens with one attached hydrogen (secondary N) is 1. The van der Waals surface area contributed by atoms with Crippen molar-refractivity contribution in [3.8, 4) is 0 Å². The number of rotatable bonds is 9. The lowest BCUT2D eigenvalue weighted by Gasteiger charge is -2.12. The Bertz CT molecular complexity index is 173. The van der Waals surface area contributed by atoms with Crippen LogP contribution < -0.4 is 5.32 Å². The van der Waals surface area contributed by atoms with Gasteiger partial charge in [-0.2, -0.15) is 0 Å². The molecule has 92 valence electrons. The van der Waals surface area contributed by atoms with Crippen LogP contribution in [-0.2, 0) is 10.8 Å². The van der Waals surface area contributed by atoms with Gasteiger partial charge in [-0.15, -0.1) is 0 Å². The van der Waals surface area contributed by atoms with Gasteiger partial charge in [-0.25, -0.2) is 0 Å². The van der Waals surface area contributed by atoms with Gasteiger partial charge in [-0.1, -0.05) is 27.2 Å². The lowest BCUT2D eigenvalue weighted by Crippen LogP contribution is -2.25. The average Bonchev–Trinajstić information content (AvgIpc) is 2.23. The standard InChI is InChI=1S/C12H27NOS/c1-5-12(4)15(14)10-8-7-9-11(3)13-6-2/h11-13H,5-10H2,1-4H3. The molecule has 3 heteroatoms. The van der Waals surface area contributed by atoms with Crippen molar-refractivity contribution in [3.63, 3.8) is 0 Å². The molecule has 0 fully saturated rings. The van der Waals surface area contributed by atoms with E-state index in [1.54, 1.807) is 0 Å². The molecule has 0 saturated carbocycles. The smallest absolute Gasteiger partial charge is 0.0317 e. The lowest BCUT2D eigenvalue weighted by atomic mass is 10.1. The van der Waals surface area contributed by atoms with Crippen molar-refractivity contribution in [1.82, 2.24) is 5.32 Å². The Morgan fingerprint density at radius 3 is 2.40 bits per heavy atom. The highest BCUT2D eigenvalue weighted by Crippen LogP contribution is 2.06. The Morgan fingerprint density at radius 2 is 1.87 bits per heavy atom. The van der Waals surface area contributed by atoms with Crippen molar-refractivity contribution in [2.24, 2.45) is 0 Å². The molecular weight excluding hydrogens is 206 g/mol. The minimum atomic E-state index is -0.604. The van der Waals surface area contributed by atoms with E-state index in [2.05, 4.69) is 33.0 Å². The molecule has 15 heavy (non-hydrogen) atoms. The van der Waals surface area contributed by atoms with Gasteiger partial charge in [-0.3, -0.25) is 4.21 Å². The molecule has 0 aliphatic carbocycles. The van der Waals surface area contributed by atoms with Crippen molar-refractivity contribution in [2.75, 3.05) is 12.3 Å². The molecular formula is C12H27NOS. The predicted octanol–water partition coefficient (Wildman–Crippen LogP) is 2.70.